The summed E-state index contributed by atoms with van der Waals surface area (Å²) in [4.78, 5) is 0. The molecule has 2 aromatic rings. The molecule has 0 aliphatic carbocycles. The number of nitrogens with two attached hydrogens (primary N) is 1. The van der Waals surface area contributed by atoms with E-state index in [0.29, 0.717) is 0 Å². The minimum atomic E-state index is 0.0858. The van der Waals surface area contributed by atoms with Gasteiger partial charge in [-0.25, -0.2) is 0 Å². The number of unbranched alkanes of at least 4 members (excludes halogenated alkanes) is 1. The maximum atomic E-state index is 6.28. The average Bonchev–Trinajstić information content (AvgIpc) is 2.46. The average molecular weight is 253 g/mol. The van der Waals surface area contributed by atoms with Crippen LogP contribution in [0, 0.1) is 0 Å². The minimum absolute atomic E-state index is 0.0858. The standard InChI is InChI=1S/C18H23N/c1-2-3-7-15-10-12-17(13-11-15)18(19)14-16-8-5-4-6-9-16/h4-6,8-13,18H,2-3,7,14,19H2,1H3. The number of benzene rings is 2. The fraction of sp³-hybridized carbons (Fsp3) is 0.333. The molecule has 1 heteroatoms. The molecule has 1 atom stereocenters. The van der Waals surface area contributed by atoms with Crippen LogP contribution in [0.3, 0.4) is 0 Å². The molecule has 0 saturated heterocycles. The van der Waals surface area contributed by atoms with Gasteiger partial charge in [0.05, 0.1) is 0 Å². The summed E-state index contributed by atoms with van der Waals surface area (Å²) in [5.74, 6) is 0. The summed E-state index contributed by atoms with van der Waals surface area (Å²) in [5, 5.41) is 0. The summed E-state index contributed by atoms with van der Waals surface area (Å²) >= 11 is 0. The highest BCUT2D eigenvalue weighted by atomic mass is 14.6. The van der Waals surface area contributed by atoms with E-state index in [0.717, 1.165) is 6.42 Å². The van der Waals surface area contributed by atoms with E-state index >= 15 is 0 Å². The van der Waals surface area contributed by atoms with E-state index in [2.05, 4.69) is 55.5 Å². The Morgan fingerprint density at radius 3 is 2.21 bits per heavy atom. The van der Waals surface area contributed by atoms with Crippen LogP contribution < -0.4 is 5.73 Å². The monoisotopic (exact) mass is 253 g/mol. The Hall–Kier alpha value is -1.60. The van der Waals surface area contributed by atoms with Gasteiger partial charge in [-0.3, -0.25) is 0 Å². The van der Waals surface area contributed by atoms with Crippen molar-refractivity contribution in [3.63, 3.8) is 0 Å². The second kappa shape index (κ2) is 7.10. The zero-order chi connectivity index (χ0) is 13.5. The van der Waals surface area contributed by atoms with Crippen molar-refractivity contribution in [2.24, 2.45) is 5.73 Å². The molecule has 1 nitrogen and oxygen atoms in total. The minimum Gasteiger partial charge on any atom is -0.324 e. The van der Waals surface area contributed by atoms with Crippen LogP contribution in [0.2, 0.25) is 0 Å². The van der Waals surface area contributed by atoms with Gasteiger partial charge in [-0.15, -0.1) is 0 Å². The predicted octanol–water partition coefficient (Wildman–Crippen LogP) is 4.27. The maximum Gasteiger partial charge on any atom is 0.0335 e. The van der Waals surface area contributed by atoms with Crippen LogP contribution in [0.15, 0.2) is 54.6 Å². The smallest absolute Gasteiger partial charge is 0.0335 e. The zero-order valence-electron chi connectivity index (χ0n) is 11.7. The van der Waals surface area contributed by atoms with Gasteiger partial charge in [0, 0.05) is 6.04 Å². The van der Waals surface area contributed by atoms with Crippen molar-refractivity contribution in [2.75, 3.05) is 0 Å². The zero-order valence-corrected chi connectivity index (χ0v) is 11.7. The summed E-state index contributed by atoms with van der Waals surface area (Å²) in [6.45, 7) is 2.23. The van der Waals surface area contributed by atoms with Crippen molar-refractivity contribution in [3.05, 3.63) is 71.3 Å². The highest BCUT2D eigenvalue weighted by molar-refractivity contribution is 5.27. The van der Waals surface area contributed by atoms with Crippen molar-refractivity contribution in [1.29, 1.82) is 0 Å². The molecule has 0 fully saturated rings. The molecule has 0 aliphatic heterocycles. The van der Waals surface area contributed by atoms with Gasteiger partial charge < -0.3 is 5.73 Å². The van der Waals surface area contributed by atoms with E-state index in [4.69, 9.17) is 5.73 Å². The molecule has 100 valence electrons. The van der Waals surface area contributed by atoms with Crippen LogP contribution in [0.5, 0.6) is 0 Å². The molecule has 0 spiro atoms. The van der Waals surface area contributed by atoms with Crippen molar-refractivity contribution in [2.45, 2.75) is 38.6 Å². The highest BCUT2D eigenvalue weighted by Crippen LogP contribution is 2.17. The van der Waals surface area contributed by atoms with Gasteiger partial charge in [0.2, 0.25) is 0 Å². The molecule has 2 N–H and O–H groups in total. The van der Waals surface area contributed by atoms with Crippen LogP contribution in [0.4, 0.5) is 0 Å². The van der Waals surface area contributed by atoms with E-state index in [9.17, 15) is 0 Å². The van der Waals surface area contributed by atoms with Crippen molar-refractivity contribution in [1.82, 2.24) is 0 Å². The molecule has 0 radical (unpaired) electrons. The lowest BCUT2D eigenvalue weighted by Crippen LogP contribution is -2.13. The van der Waals surface area contributed by atoms with Gasteiger partial charge in [-0.2, -0.15) is 0 Å². The molecule has 0 aliphatic rings. The lowest BCUT2D eigenvalue weighted by atomic mass is 9.98. The first-order valence-corrected chi connectivity index (χ1v) is 7.18. The molecule has 0 amide bonds. The normalized spacial score (nSPS) is 12.3. The molecular formula is C18H23N. The van der Waals surface area contributed by atoms with Gasteiger partial charge in [0.1, 0.15) is 0 Å². The lowest BCUT2D eigenvalue weighted by molar-refractivity contribution is 0.720. The summed E-state index contributed by atoms with van der Waals surface area (Å²) in [6.07, 6.45) is 4.57. The summed E-state index contributed by atoms with van der Waals surface area (Å²) < 4.78 is 0. The molecule has 0 saturated carbocycles. The molecule has 2 aromatic carbocycles. The Bertz CT molecular complexity index is 473. The van der Waals surface area contributed by atoms with Gasteiger partial charge in [-0.05, 0) is 36.0 Å². The fourth-order valence-corrected chi connectivity index (χ4v) is 2.30. The topological polar surface area (TPSA) is 26.0 Å². The second-order valence-electron chi connectivity index (χ2n) is 5.14. The van der Waals surface area contributed by atoms with E-state index in [1.165, 1.54) is 36.0 Å². The second-order valence-corrected chi connectivity index (χ2v) is 5.14. The van der Waals surface area contributed by atoms with Crippen molar-refractivity contribution in [3.8, 4) is 0 Å². The van der Waals surface area contributed by atoms with Crippen LogP contribution >= 0.6 is 0 Å². The van der Waals surface area contributed by atoms with Crippen LogP contribution in [0.25, 0.3) is 0 Å². The first-order chi connectivity index (χ1) is 9.29. The molecule has 0 bridgehead atoms. The molecule has 0 aromatic heterocycles. The molecular weight excluding hydrogens is 230 g/mol. The summed E-state index contributed by atoms with van der Waals surface area (Å²) in [7, 11) is 0. The number of hydrogen-bond donors (Lipinski definition) is 1. The quantitative estimate of drug-likeness (QED) is 0.817. The van der Waals surface area contributed by atoms with Gasteiger partial charge in [-0.1, -0.05) is 67.9 Å². The first kappa shape index (κ1) is 13.8. The van der Waals surface area contributed by atoms with Gasteiger partial charge in [0.25, 0.3) is 0 Å². The van der Waals surface area contributed by atoms with Crippen molar-refractivity contribution >= 4 is 0 Å². The number of rotatable bonds is 6. The molecule has 2 rings (SSSR count). The third-order valence-corrected chi connectivity index (χ3v) is 3.53. The molecule has 0 heterocycles. The Morgan fingerprint density at radius 1 is 0.895 bits per heavy atom. The largest absolute Gasteiger partial charge is 0.324 e. The van der Waals surface area contributed by atoms with E-state index in [1.54, 1.807) is 0 Å². The lowest BCUT2D eigenvalue weighted by Gasteiger charge is -2.13. The highest BCUT2D eigenvalue weighted by Gasteiger charge is 2.06. The Morgan fingerprint density at radius 2 is 1.58 bits per heavy atom. The predicted molar refractivity (Wildman–Crippen MR) is 82.1 cm³/mol. The Balaban J connectivity index is 1.97. The van der Waals surface area contributed by atoms with Crippen molar-refractivity contribution < 1.29 is 0 Å². The van der Waals surface area contributed by atoms with E-state index in [-0.39, 0.29) is 6.04 Å². The summed E-state index contributed by atoms with van der Waals surface area (Å²) in [6, 6.07) is 19.3. The molecule has 19 heavy (non-hydrogen) atoms. The van der Waals surface area contributed by atoms with Gasteiger partial charge in [0.15, 0.2) is 0 Å². The fourth-order valence-electron chi connectivity index (χ4n) is 2.30. The third-order valence-electron chi connectivity index (χ3n) is 3.53. The SMILES string of the molecule is CCCCc1ccc(C(N)Cc2ccccc2)cc1. The number of hydrogen-bond acceptors (Lipinski definition) is 1. The van der Waals surface area contributed by atoms with Crippen LogP contribution in [-0.4, -0.2) is 0 Å². The maximum absolute atomic E-state index is 6.28. The van der Waals surface area contributed by atoms with E-state index < -0.39 is 0 Å². The Labute approximate surface area is 116 Å². The molecule has 1 unspecified atom stereocenters. The van der Waals surface area contributed by atoms with Crippen LogP contribution in [0.1, 0.15) is 42.5 Å². The first-order valence-electron chi connectivity index (χ1n) is 7.18. The third kappa shape index (κ3) is 4.22. The van der Waals surface area contributed by atoms with E-state index in [1.807, 2.05) is 6.07 Å². The number of aryl methyl sites for hydroxylation is 1. The summed E-state index contributed by atoms with van der Waals surface area (Å²) in [5.41, 5.74) is 10.2. The Kier molecular flexibility index (Phi) is 5.17. The van der Waals surface area contributed by atoms with Gasteiger partial charge >= 0.3 is 0 Å². The van der Waals surface area contributed by atoms with Crippen LogP contribution in [-0.2, 0) is 12.8 Å².